The quantitative estimate of drug-likeness (QED) is 0.777. The fourth-order valence-corrected chi connectivity index (χ4v) is 2.76. The molecule has 22 heavy (non-hydrogen) atoms. The van der Waals surface area contributed by atoms with Crippen molar-refractivity contribution in [1.82, 2.24) is 10.6 Å². The van der Waals surface area contributed by atoms with Crippen LogP contribution in [0.3, 0.4) is 0 Å². The predicted octanol–water partition coefficient (Wildman–Crippen LogP) is 1.63. The average Bonchev–Trinajstić information content (AvgIpc) is 2.47. The van der Waals surface area contributed by atoms with Gasteiger partial charge < -0.3 is 10.6 Å². The molecular formula is C16H24N4O2. The van der Waals surface area contributed by atoms with Gasteiger partial charge in [0.1, 0.15) is 0 Å². The Morgan fingerprint density at radius 1 is 1.00 bits per heavy atom. The molecule has 0 aromatic carbocycles. The third kappa shape index (κ3) is 5.73. The summed E-state index contributed by atoms with van der Waals surface area (Å²) in [4.78, 5) is 24.4. The van der Waals surface area contributed by atoms with Crippen LogP contribution in [-0.2, 0) is 9.59 Å². The van der Waals surface area contributed by atoms with Crippen LogP contribution in [0.4, 0.5) is 0 Å². The molecule has 2 N–H and O–H groups in total. The zero-order valence-corrected chi connectivity index (χ0v) is 13.3. The number of nitriles is 2. The van der Waals surface area contributed by atoms with E-state index < -0.39 is 0 Å². The smallest absolute Gasteiger partial charge is 0.223 e. The maximum absolute atomic E-state index is 12.2. The van der Waals surface area contributed by atoms with Gasteiger partial charge in [-0.2, -0.15) is 10.5 Å². The Bertz CT molecular complexity index is 436. The molecule has 0 unspecified atom stereocenters. The van der Waals surface area contributed by atoms with Crippen molar-refractivity contribution in [3.63, 3.8) is 0 Å². The van der Waals surface area contributed by atoms with Crippen LogP contribution >= 0.6 is 0 Å². The lowest BCUT2D eigenvalue weighted by atomic mass is 9.80. The van der Waals surface area contributed by atoms with Crippen LogP contribution in [0, 0.1) is 34.5 Å². The first-order valence-electron chi connectivity index (χ1n) is 7.82. The highest BCUT2D eigenvalue weighted by atomic mass is 16.2. The molecule has 4 atom stereocenters. The van der Waals surface area contributed by atoms with Crippen LogP contribution in [0.25, 0.3) is 0 Å². The first-order valence-corrected chi connectivity index (χ1v) is 7.82. The number of hydrogen-bond acceptors (Lipinski definition) is 4. The molecule has 0 aliphatic heterocycles. The molecule has 0 aromatic heterocycles. The van der Waals surface area contributed by atoms with Crippen molar-refractivity contribution in [1.29, 1.82) is 10.5 Å². The molecule has 0 saturated heterocycles. The Hall–Kier alpha value is -2.08. The summed E-state index contributed by atoms with van der Waals surface area (Å²) >= 11 is 0. The Labute approximate surface area is 131 Å². The van der Waals surface area contributed by atoms with E-state index in [4.69, 9.17) is 10.5 Å². The lowest BCUT2D eigenvalue weighted by molar-refractivity contribution is -0.130. The second kappa shape index (κ2) is 9.04. The first-order chi connectivity index (χ1) is 10.5. The third-order valence-corrected chi connectivity index (χ3v) is 3.99. The minimum atomic E-state index is -0.170. The van der Waals surface area contributed by atoms with Gasteiger partial charge in [-0.3, -0.25) is 9.59 Å². The fraction of sp³-hybridized carbons (Fsp3) is 0.750. The largest absolute Gasteiger partial charge is 0.352 e. The molecule has 1 aliphatic carbocycles. The zero-order valence-electron chi connectivity index (χ0n) is 13.3. The van der Waals surface area contributed by atoms with Gasteiger partial charge in [-0.05, 0) is 33.1 Å². The second-order valence-electron chi connectivity index (χ2n) is 6.10. The van der Waals surface area contributed by atoms with E-state index in [2.05, 4.69) is 10.6 Å². The monoisotopic (exact) mass is 304 g/mol. The highest BCUT2D eigenvalue weighted by Crippen LogP contribution is 2.29. The zero-order chi connectivity index (χ0) is 16.5. The van der Waals surface area contributed by atoms with Crippen LogP contribution < -0.4 is 10.6 Å². The minimum absolute atomic E-state index is 0.0645. The van der Waals surface area contributed by atoms with Gasteiger partial charge in [-0.25, -0.2) is 0 Å². The average molecular weight is 304 g/mol. The van der Waals surface area contributed by atoms with Crippen molar-refractivity contribution in [2.24, 2.45) is 11.8 Å². The first kappa shape index (κ1) is 18.0. The Morgan fingerprint density at radius 2 is 1.41 bits per heavy atom. The standard InChI is InChI=1S/C16H24N4O2/c1-11(6-8-17)19-15(21)13-4-3-5-14(10-13)16(22)20-12(2)7-9-18/h11-14H,3-7,10H2,1-2H3,(H,19,21)(H,20,22)/t11-,12+,13-,14+. The van der Waals surface area contributed by atoms with Crippen molar-refractivity contribution >= 4 is 11.8 Å². The van der Waals surface area contributed by atoms with Gasteiger partial charge in [0.05, 0.1) is 25.0 Å². The second-order valence-corrected chi connectivity index (χ2v) is 6.10. The molecule has 1 aliphatic rings. The number of rotatable bonds is 6. The number of nitrogens with one attached hydrogen (secondary N) is 2. The van der Waals surface area contributed by atoms with Crippen molar-refractivity contribution in [3.8, 4) is 12.1 Å². The molecule has 120 valence electrons. The summed E-state index contributed by atoms with van der Waals surface area (Å²) in [6, 6.07) is 3.73. The summed E-state index contributed by atoms with van der Waals surface area (Å²) in [7, 11) is 0. The van der Waals surface area contributed by atoms with E-state index in [9.17, 15) is 9.59 Å². The Morgan fingerprint density at radius 3 is 1.77 bits per heavy atom. The van der Waals surface area contributed by atoms with Gasteiger partial charge in [0.2, 0.25) is 11.8 Å². The van der Waals surface area contributed by atoms with E-state index >= 15 is 0 Å². The van der Waals surface area contributed by atoms with Gasteiger partial charge in [0.25, 0.3) is 0 Å². The lowest BCUT2D eigenvalue weighted by Gasteiger charge is -2.29. The van der Waals surface area contributed by atoms with Gasteiger partial charge in [-0.1, -0.05) is 6.42 Å². The summed E-state index contributed by atoms with van der Waals surface area (Å²) in [5.41, 5.74) is 0. The highest BCUT2D eigenvalue weighted by molar-refractivity contribution is 5.82. The van der Waals surface area contributed by atoms with E-state index in [1.54, 1.807) is 13.8 Å². The number of amides is 2. The minimum Gasteiger partial charge on any atom is -0.352 e. The van der Waals surface area contributed by atoms with Crippen LogP contribution in [-0.4, -0.2) is 23.9 Å². The van der Waals surface area contributed by atoms with Crippen molar-refractivity contribution in [2.75, 3.05) is 0 Å². The van der Waals surface area contributed by atoms with Gasteiger partial charge in [-0.15, -0.1) is 0 Å². The van der Waals surface area contributed by atoms with Crippen molar-refractivity contribution in [2.45, 2.75) is 64.5 Å². The maximum atomic E-state index is 12.2. The summed E-state index contributed by atoms with van der Waals surface area (Å²) in [5.74, 6) is -0.468. The predicted molar refractivity (Wildman–Crippen MR) is 81.1 cm³/mol. The van der Waals surface area contributed by atoms with E-state index in [1.165, 1.54) is 0 Å². The molecule has 6 nitrogen and oxygen atoms in total. The maximum Gasteiger partial charge on any atom is 0.223 e. The Balaban J connectivity index is 2.50. The van der Waals surface area contributed by atoms with E-state index in [0.29, 0.717) is 6.42 Å². The van der Waals surface area contributed by atoms with E-state index in [1.807, 2.05) is 12.1 Å². The normalized spacial score (nSPS) is 23.5. The van der Waals surface area contributed by atoms with Gasteiger partial charge in [0, 0.05) is 23.9 Å². The molecule has 0 spiro atoms. The molecular weight excluding hydrogens is 280 g/mol. The van der Waals surface area contributed by atoms with Crippen molar-refractivity contribution in [3.05, 3.63) is 0 Å². The molecule has 0 aromatic rings. The number of nitrogens with zero attached hydrogens (tertiary/aromatic N) is 2. The number of carbonyl (C=O) groups excluding carboxylic acids is 2. The van der Waals surface area contributed by atoms with Crippen LogP contribution in [0.1, 0.15) is 52.4 Å². The molecule has 6 heteroatoms. The topological polar surface area (TPSA) is 106 Å². The molecule has 0 radical (unpaired) electrons. The summed E-state index contributed by atoms with van der Waals surface area (Å²) in [6.45, 7) is 3.61. The summed E-state index contributed by atoms with van der Waals surface area (Å²) in [5, 5.41) is 22.9. The molecule has 1 saturated carbocycles. The lowest BCUT2D eigenvalue weighted by Crippen LogP contribution is -2.43. The molecule has 0 bridgehead atoms. The summed E-state index contributed by atoms with van der Waals surface area (Å²) in [6.07, 6.45) is 3.51. The highest BCUT2D eigenvalue weighted by Gasteiger charge is 2.31. The fourth-order valence-electron chi connectivity index (χ4n) is 2.76. The molecule has 0 heterocycles. The van der Waals surface area contributed by atoms with Crippen LogP contribution in [0.15, 0.2) is 0 Å². The molecule has 1 fully saturated rings. The Kier molecular flexibility index (Phi) is 7.39. The van der Waals surface area contributed by atoms with Crippen LogP contribution in [0.2, 0.25) is 0 Å². The molecule has 2 amide bonds. The van der Waals surface area contributed by atoms with E-state index in [-0.39, 0.29) is 48.6 Å². The number of hydrogen-bond donors (Lipinski definition) is 2. The van der Waals surface area contributed by atoms with Crippen LogP contribution in [0.5, 0.6) is 0 Å². The molecule has 1 rings (SSSR count). The SMILES string of the molecule is C[C@H](CC#N)NC(=O)[C@@H]1CCC[C@H](C(=O)N[C@@H](C)CC#N)C1. The van der Waals surface area contributed by atoms with E-state index in [0.717, 1.165) is 19.3 Å². The summed E-state index contributed by atoms with van der Waals surface area (Å²) < 4.78 is 0. The van der Waals surface area contributed by atoms with Gasteiger partial charge in [0.15, 0.2) is 0 Å². The third-order valence-electron chi connectivity index (χ3n) is 3.99. The number of carbonyl (C=O) groups is 2. The van der Waals surface area contributed by atoms with Crippen molar-refractivity contribution < 1.29 is 9.59 Å². The van der Waals surface area contributed by atoms with Gasteiger partial charge >= 0.3 is 0 Å².